The number of carboxylic acid groups (broad SMARTS) is 1. The van der Waals surface area contributed by atoms with E-state index >= 15 is 0 Å². The van der Waals surface area contributed by atoms with Gasteiger partial charge in [-0.25, -0.2) is 0 Å². The zero-order valence-electron chi connectivity index (χ0n) is 13.5. The summed E-state index contributed by atoms with van der Waals surface area (Å²) in [5.74, 6) is -0.947. The Hall–Kier alpha value is -1.22. The molecule has 0 radical (unpaired) electrons. The van der Waals surface area contributed by atoms with Crippen molar-refractivity contribution in [3.8, 4) is 0 Å². The van der Waals surface area contributed by atoms with E-state index in [0.717, 1.165) is 19.4 Å². The van der Waals surface area contributed by atoms with E-state index in [2.05, 4.69) is 10.6 Å². The molecule has 0 aromatic rings. The van der Waals surface area contributed by atoms with Gasteiger partial charge in [-0.15, -0.1) is 0 Å². The minimum Gasteiger partial charge on any atom is -0.481 e. The van der Waals surface area contributed by atoms with Gasteiger partial charge < -0.3 is 30.0 Å². The van der Waals surface area contributed by atoms with Gasteiger partial charge >= 0.3 is 5.97 Å². The molecule has 8 nitrogen and oxygen atoms in total. The molecular formula is C15H26N2O6. The average molecular weight is 330 g/mol. The second-order valence-corrected chi connectivity index (χ2v) is 5.87. The molecule has 2 heterocycles. The number of hydrogen-bond donors (Lipinski definition) is 3. The van der Waals surface area contributed by atoms with Crippen LogP contribution in [0.2, 0.25) is 0 Å². The molecule has 8 heteroatoms. The van der Waals surface area contributed by atoms with E-state index in [4.69, 9.17) is 19.3 Å². The van der Waals surface area contributed by atoms with E-state index in [9.17, 15) is 9.59 Å². The molecule has 2 saturated heterocycles. The molecule has 2 aliphatic rings. The SMILES string of the molecule is CO[C@@H]1CCO[C@H](COCCC(=O)O)[C@H]1NC(=O)[C@H]1CCCN1. The maximum atomic E-state index is 12.3. The van der Waals surface area contributed by atoms with Crippen molar-refractivity contribution in [3.63, 3.8) is 0 Å². The molecule has 1 amide bonds. The van der Waals surface area contributed by atoms with Crippen LogP contribution in [0.5, 0.6) is 0 Å². The zero-order valence-corrected chi connectivity index (χ0v) is 13.5. The Morgan fingerprint density at radius 1 is 1.39 bits per heavy atom. The molecule has 0 aliphatic carbocycles. The monoisotopic (exact) mass is 330 g/mol. The fourth-order valence-electron chi connectivity index (χ4n) is 2.99. The van der Waals surface area contributed by atoms with Gasteiger partial charge in [-0.05, 0) is 25.8 Å². The minimum absolute atomic E-state index is 0.0458. The molecule has 2 fully saturated rings. The smallest absolute Gasteiger partial charge is 0.305 e. The number of rotatable bonds is 8. The largest absolute Gasteiger partial charge is 0.481 e. The fraction of sp³-hybridized carbons (Fsp3) is 0.867. The summed E-state index contributed by atoms with van der Waals surface area (Å²) in [5.41, 5.74) is 0. The highest BCUT2D eigenvalue weighted by molar-refractivity contribution is 5.82. The molecule has 3 N–H and O–H groups in total. The summed E-state index contributed by atoms with van der Waals surface area (Å²) >= 11 is 0. The average Bonchev–Trinajstić information content (AvgIpc) is 3.07. The van der Waals surface area contributed by atoms with Gasteiger partial charge in [0, 0.05) is 13.7 Å². The van der Waals surface area contributed by atoms with Crippen molar-refractivity contribution in [1.82, 2.24) is 10.6 Å². The van der Waals surface area contributed by atoms with E-state index in [0.29, 0.717) is 13.0 Å². The van der Waals surface area contributed by atoms with E-state index in [1.165, 1.54) is 0 Å². The van der Waals surface area contributed by atoms with Crippen molar-refractivity contribution in [1.29, 1.82) is 0 Å². The van der Waals surface area contributed by atoms with Crippen molar-refractivity contribution in [3.05, 3.63) is 0 Å². The summed E-state index contributed by atoms with van der Waals surface area (Å²) < 4.78 is 16.6. The van der Waals surface area contributed by atoms with Crippen LogP contribution in [-0.2, 0) is 23.8 Å². The van der Waals surface area contributed by atoms with Crippen LogP contribution in [0.15, 0.2) is 0 Å². The van der Waals surface area contributed by atoms with Gasteiger partial charge in [0.25, 0.3) is 0 Å². The Bertz CT molecular complexity index is 399. The Morgan fingerprint density at radius 2 is 2.22 bits per heavy atom. The fourth-order valence-corrected chi connectivity index (χ4v) is 2.99. The molecule has 23 heavy (non-hydrogen) atoms. The van der Waals surface area contributed by atoms with Gasteiger partial charge in [0.1, 0.15) is 6.10 Å². The zero-order chi connectivity index (χ0) is 16.7. The standard InChI is InChI=1S/C15H26N2O6/c1-21-11-4-8-23-12(9-22-7-5-13(18)19)14(11)17-15(20)10-3-2-6-16-10/h10-12,14,16H,2-9H2,1H3,(H,17,20)(H,18,19)/t10-,11-,12-,14+/m1/s1. The minimum atomic E-state index is -0.901. The first-order valence-electron chi connectivity index (χ1n) is 8.09. The number of carboxylic acids is 1. The first-order valence-corrected chi connectivity index (χ1v) is 8.09. The Morgan fingerprint density at radius 3 is 2.87 bits per heavy atom. The lowest BCUT2D eigenvalue weighted by Gasteiger charge is -2.38. The number of aliphatic carboxylic acids is 1. The summed E-state index contributed by atoms with van der Waals surface area (Å²) in [6.45, 7) is 1.74. The summed E-state index contributed by atoms with van der Waals surface area (Å²) in [6, 6.07) is -0.462. The molecule has 0 unspecified atom stereocenters. The third-order valence-corrected chi connectivity index (χ3v) is 4.27. The van der Waals surface area contributed by atoms with Crippen LogP contribution in [-0.4, -0.2) is 74.7 Å². The number of carbonyl (C=O) groups is 2. The molecule has 132 valence electrons. The molecular weight excluding hydrogens is 304 g/mol. The van der Waals surface area contributed by atoms with Crippen molar-refractivity contribution < 1.29 is 28.9 Å². The number of carbonyl (C=O) groups excluding carboxylic acids is 1. The second-order valence-electron chi connectivity index (χ2n) is 5.87. The van der Waals surface area contributed by atoms with E-state index in [-0.39, 0.29) is 49.8 Å². The molecule has 2 aliphatic heterocycles. The Balaban J connectivity index is 1.88. The predicted molar refractivity (Wildman–Crippen MR) is 81.2 cm³/mol. The number of nitrogens with one attached hydrogen (secondary N) is 2. The van der Waals surface area contributed by atoms with Crippen molar-refractivity contribution in [2.75, 3.05) is 33.5 Å². The van der Waals surface area contributed by atoms with Crippen molar-refractivity contribution >= 4 is 11.9 Å². The van der Waals surface area contributed by atoms with Crippen LogP contribution in [0.3, 0.4) is 0 Å². The summed E-state index contributed by atoms with van der Waals surface area (Å²) in [4.78, 5) is 22.8. The Labute approximate surface area is 135 Å². The Kier molecular flexibility index (Phi) is 7.22. The molecule has 0 aromatic carbocycles. The maximum absolute atomic E-state index is 12.3. The van der Waals surface area contributed by atoms with Crippen LogP contribution < -0.4 is 10.6 Å². The van der Waals surface area contributed by atoms with E-state index < -0.39 is 5.97 Å². The topological polar surface area (TPSA) is 106 Å². The van der Waals surface area contributed by atoms with Crippen LogP contribution in [0.25, 0.3) is 0 Å². The molecule has 0 bridgehead atoms. The highest BCUT2D eigenvalue weighted by Gasteiger charge is 2.37. The molecule has 0 aromatic heterocycles. The third-order valence-electron chi connectivity index (χ3n) is 4.27. The molecule has 0 saturated carbocycles. The summed E-state index contributed by atoms with van der Waals surface area (Å²) in [7, 11) is 1.62. The van der Waals surface area contributed by atoms with Gasteiger partial charge in [-0.1, -0.05) is 0 Å². The highest BCUT2D eigenvalue weighted by Crippen LogP contribution is 2.19. The lowest BCUT2D eigenvalue weighted by atomic mass is 9.98. The lowest BCUT2D eigenvalue weighted by molar-refractivity contribution is -0.141. The third kappa shape index (κ3) is 5.42. The lowest BCUT2D eigenvalue weighted by Crippen LogP contribution is -2.59. The van der Waals surface area contributed by atoms with Gasteiger partial charge in [-0.3, -0.25) is 9.59 Å². The summed E-state index contributed by atoms with van der Waals surface area (Å²) in [6.07, 6.45) is 2.00. The van der Waals surface area contributed by atoms with Crippen molar-refractivity contribution in [2.45, 2.75) is 50.0 Å². The maximum Gasteiger partial charge on any atom is 0.305 e. The predicted octanol–water partition coefficient (Wildman–Crippen LogP) is -0.482. The van der Waals surface area contributed by atoms with Gasteiger partial charge in [0.2, 0.25) is 5.91 Å². The van der Waals surface area contributed by atoms with Crippen LogP contribution in [0.4, 0.5) is 0 Å². The summed E-state index contributed by atoms with van der Waals surface area (Å²) in [5, 5.41) is 14.8. The highest BCUT2D eigenvalue weighted by atomic mass is 16.5. The van der Waals surface area contributed by atoms with E-state index in [1.807, 2.05) is 0 Å². The number of hydrogen-bond acceptors (Lipinski definition) is 6. The second kappa shape index (κ2) is 9.17. The number of ether oxygens (including phenoxy) is 3. The first kappa shape index (κ1) is 18.1. The molecule has 2 rings (SSSR count). The quantitative estimate of drug-likeness (QED) is 0.516. The van der Waals surface area contributed by atoms with Crippen LogP contribution in [0.1, 0.15) is 25.7 Å². The normalized spacial score (nSPS) is 31.0. The number of amides is 1. The van der Waals surface area contributed by atoms with Gasteiger partial charge in [0.15, 0.2) is 0 Å². The van der Waals surface area contributed by atoms with E-state index in [1.54, 1.807) is 7.11 Å². The van der Waals surface area contributed by atoms with Crippen LogP contribution in [0, 0.1) is 0 Å². The van der Waals surface area contributed by atoms with Gasteiger partial charge in [-0.2, -0.15) is 0 Å². The number of methoxy groups -OCH3 is 1. The van der Waals surface area contributed by atoms with Crippen molar-refractivity contribution in [2.24, 2.45) is 0 Å². The molecule has 0 spiro atoms. The van der Waals surface area contributed by atoms with Crippen LogP contribution >= 0.6 is 0 Å². The molecule has 4 atom stereocenters. The first-order chi connectivity index (χ1) is 11.1. The van der Waals surface area contributed by atoms with Gasteiger partial charge in [0.05, 0.1) is 37.8 Å².